The van der Waals surface area contributed by atoms with Crippen molar-refractivity contribution >= 4 is 11.9 Å². The minimum Gasteiger partial charge on any atom is -0.466 e. The lowest BCUT2D eigenvalue weighted by Gasteiger charge is -2.26. The molecule has 0 atom stereocenters. The molecule has 1 heterocycles. The second kappa shape index (κ2) is 14.9. The summed E-state index contributed by atoms with van der Waals surface area (Å²) in [5.41, 5.74) is 0. The van der Waals surface area contributed by atoms with Crippen LogP contribution in [0.5, 0.6) is 0 Å². The van der Waals surface area contributed by atoms with Crippen LogP contribution >= 0.6 is 0 Å². The van der Waals surface area contributed by atoms with Crippen molar-refractivity contribution in [3.05, 3.63) is 0 Å². The van der Waals surface area contributed by atoms with E-state index in [-0.39, 0.29) is 11.9 Å². The summed E-state index contributed by atoms with van der Waals surface area (Å²) in [6.07, 6.45) is 0.880. The van der Waals surface area contributed by atoms with Gasteiger partial charge in [-0.2, -0.15) is 0 Å². The molecule has 0 radical (unpaired) electrons. The average Bonchev–Trinajstić information content (AvgIpc) is 2.61. The summed E-state index contributed by atoms with van der Waals surface area (Å²) >= 11 is 0. The monoisotopic (exact) mass is 372 g/mol. The van der Waals surface area contributed by atoms with Crippen molar-refractivity contribution in [1.82, 2.24) is 20.4 Å². The summed E-state index contributed by atoms with van der Waals surface area (Å²) in [5, 5.41) is 6.91. The van der Waals surface area contributed by atoms with Gasteiger partial charge >= 0.3 is 11.9 Å². The predicted octanol–water partition coefficient (Wildman–Crippen LogP) is -0.310. The van der Waals surface area contributed by atoms with Gasteiger partial charge in [-0.05, 0) is 13.8 Å². The van der Waals surface area contributed by atoms with Gasteiger partial charge in [0.05, 0.1) is 26.1 Å². The first-order valence-electron chi connectivity index (χ1n) is 9.83. The van der Waals surface area contributed by atoms with E-state index in [2.05, 4.69) is 20.4 Å². The molecule has 0 bridgehead atoms. The predicted molar refractivity (Wildman–Crippen MR) is 101 cm³/mol. The van der Waals surface area contributed by atoms with Crippen LogP contribution in [0.15, 0.2) is 0 Å². The lowest BCUT2D eigenvalue weighted by atomic mass is 10.3. The number of hydrogen-bond acceptors (Lipinski definition) is 8. The minimum absolute atomic E-state index is 0.128. The highest BCUT2D eigenvalue weighted by Gasteiger charge is 2.12. The quantitative estimate of drug-likeness (QED) is 0.562. The van der Waals surface area contributed by atoms with Crippen molar-refractivity contribution in [3.63, 3.8) is 0 Å². The maximum atomic E-state index is 11.5. The van der Waals surface area contributed by atoms with E-state index in [1.807, 2.05) is 13.8 Å². The van der Waals surface area contributed by atoms with E-state index in [1.165, 1.54) is 0 Å². The fourth-order valence-corrected chi connectivity index (χ4v) is 2.83. The highest BCUT2D eigenvalue weighted by molar-refractivity contribution is 5.69. The van der Waals surface area contributed by atoms with Crippen LogP contribution in [0.3, 0.4) is 0 Å². The molecule has 26 heavy (non-hydrogen) atoms. The van der Waals surface area contributed by atoms with Crippen molar-refractivity contribution in [2.24, 2.45) is 0 Å². The van der Waals surface area contributed by atoms with Crippen LogP contribution in [-0.2, 0) is 19.1 Å². The SMILES string of the molecule is CCOC(=O)CCN1CCNCCN(CCC(=O)OCC)CCNCC1. The van der Waals surface area contributed by atoms with Gasteiger partial charge in [-0.3, -0.25) is 9.59 Å². The van der Waals surface area contributed by atoms with Gasteiger partial charge in [0.25, 0.3) is 0 Å². The number of rotatable bonds is 8. The molecule has 8 nitrogen and oxygen atoms in total. The van der Waals surface area contributed by atoms with Crippen molar-refractivity contribution in [3.8, 4) is 0 Å². The van der Waals surface area contributed by atoms with Crippen molar-refractivity contribution in [1.29, 1.82) is 0 Å². The maximum absolute atomic E-state index is 11.5. The van der Waals surface area contributed by atoms with E-state index < -0.39 is 0 Å². The Morgan fingerprint density at radius 2 is 1.08 bits per heavy atom. The van der Waals surface area contributed by atoms with E-state index in [0.717, 1.165) is 65.4 Å². The Hall–Kier alpha value is -1.22. The van der Waals surface area contributed by atoms with E-state index in [1.54, 1.807) is 0 Å². The molecule has 0 spiro atoms. The van der Waals surface area contributed by atoms with Gasteiger partial charge in [-0.25, -0.2) is 0 Å². The average molecular weight is 373 g/mol. The Bertz CT molecular complexity index is 347. The number of nitrogens with zero attached hydrogens (tertiary/aromatic N) is 2. The lowest BCUT2D eigenvalue weighted by Crippen LogP contribution is -2.44. The molecule has 1 rings (SSSR count). The van der Waals surface area contributed by atoms with Gasteiger partial charge in [0.2, 0.25) is 0 Å². The first-order valence-corrected chi connectivity index (χ1v) is 9.83. The summed E-state index contributed by atoms with van der Waals surface area (Å²) in [4.78, 5) is 27.6. The third kappa shape index (κ3) is 11.4. The van der Waals surface area contributed by atoms with E-state index in [0.29, 0.717) is 26.1 Å². The van der Waals surface area contributed by atoms with Gasteiger partial charge in [-0.15, -0.1) is 0 Å². The number of esters is 2. The second-order valence-corrected chi connectivity index (χ2v) is 6.29. The molecular formula is C18H36N4O4. The zero-order chi connectivity index (χ0) is 19.0. The number of nitrogens with one attached hydrogen (secondary N) is 2. The first-order chi connectivity index (χ1) is 12.7. The van der Waals surface area contributed by atoms with Gasteiger partial charge in [0.1, 0.15) is 0 Å². The highest BCUT2D eigenvalue weighted by Crippen LogP contribution is 1.96. The van der Waals surface area contributed by atoms with Gasteiger partial charge < -0.3 is 29.9 Å². The van der Waals surface area contributed by atoms with E-state index in [4.69, 9.17) is 9.47 Å². The molecule has 0 aromatic heterocycles. The molecule has 1 saturated heterocycles. The first kappa shape index (κ1) is 22.8. The molecule has 1 fully saturated rings. The lowest BCUT2D eigenvalue weighted by molar-refractivity contribution is -0.144. The summed E-state index contributed by atoms with van der Waals surface area (Å²) in [5.74, 6) is -0.256. The summed E-state index contributed by atoms with van der Waals surface area (Å²) in [6, 6.07) is 0. The number of carbonyl (C=O) groups is 2. The number of ether oxygens (including phenoxy) is 2. The summed E-state index contributed by atoms with van der Waals surface area (Å²) < 4.78 is 10.0. The summed E-state index contributed by atoms with van der Waals surface area (Å²) in [6.45, 7) is 13.2. The standard InChI is InChI=1S/C18H36N4O4/c1-3-25-17(23)5-11-21-13-7-19-9-15-22(16-10-20-8-14-21)12-6-18(24)26-4-2/h19-20H,3-16H2,1-2H3. The topological polar surface area (TPSA) is 83.1 Å². The number of carbonyl (C=O) groups excluding carboxylic acids is 2. The van der Waals surface area contributed by atoms with Crippen LogP contribution in [0.4, 0.5) is 0 Å². The third-order valence-corrected chi connectivity index (χ3v) is 4.29. The molecule has 0 aromatic rings. The van der Waals surface area contributed by atoms with Gasteiger partial charge in [-0.1, -0.05) is 0 Å². The Morgan fingerprint density at radius 3 is 1.38 bits per heavy atom. The van der Waals surface area contributed by atoms with Crippen LogP contribution in [0.2, 0.25) is 0 Å². The fourth-order valence-electron chi connectivity index (χ4n) is 2.83. The molecule has 0 unspecified atom stereocenters. The maximum Gasteiger partial charge on any atom is 0.307 e. The van der Waals surface area contributed by atoms with Crippen LogP contribution in [0, 0.1) is 0 Å². The molecule has 0 saturated carbocycles. The molecule has 0 amide bonds. The molecular weight excluding hydrogens is 336 g/mol. The minimum atomic E-state index is -0.128. The molecule has 1 aliphatic heterocycles. The van der Waals surface area contributed by atoms with E-state index >= 15 is 0 Å². The fraction of sp³-hybridized carbons (Fsp3) is 0.889. The zero-order valence-electron chi connectivity index (χ0n) is 16.4. The Morgan fingerprint density at radius 1 is 0.731 bits per heavy atom. The van der Waals surface area contributed by atoms with Crippen molar-refractivity contribution in [2.75, 3.05) is 78.7 Å². The van der Waals surface area contributed by atoms with Crippen LogP contribution in [-0.4, -0.2) is 100 Å². The van der Waals surface area contributed by atoms with Crippen LogP contribution < -0.4 is 10.6 Å². The van der Waals surface area contributed by atoms with Crippen molar-refractivity contribution < 1.29 is 19.1 Å². The Kier molecular flexibility index (Phi) is 13.1. The van der Waals surface area contributed by atoms with Gasteiger partial charge in [0.15, 0.2) is 0 Å². The second-order valence-electron chi connectivity index (χ2n) is 6.29. The Labute approximate surface area is 157 Å². The smallest absolute Gasteiger partial charge is 0.307 e. The zero-order valence-corrected chi connectivity index (χ0v) is 16.4. The van der Waals surface area contributed by atoms with E-state index in [9.17, 15) is 9.59 Å². The largest absolute Gasteiger partial charge is 0.466 e. The van der Waals surface area contributed by atoms with Crippen molar-refractivity contribution in [2.45, 2.75) is 26.7 Å². The molecule has 1 aliphatic rings. The third-order valence-electron chi connectivity index (χ3n) is 4.29. The van der Waals surface area contributed by atoms with Gasteiger partial charge in [0, 0.05) is 65.4 Å². The molecule has 2 N–H and O–H groups in total. The molecule has 0 aliphatic carbocycles. The highest BCUT2D eigenvalue weighted by atomic mass is 16.5. The molecule has 152 valence electrons. The van der Waals surface area contributed by atoms with Crippen LogP contribution in [0.25, 0.3) is 0 Å². The summed E-state index contributed by atoms with van der Waals surface area (Å²) in [7, 11) is 0. The molecule has 8 heteroatoms. The number of hydrogen-bond donors (Lipinski definition) is 2. The Balaban J connectivity index is 2.31. The normalized spacial score (nSPS) is 18.5. The molecule has 0 aromatic carbocycles. The van der Waals surface area contributed by atoms with Crippen LogP contribution in [0.1, 0.15) is 26.7 Å².